The summed E-state index contributed by atoms with van der Waals surface area (Å²) in [6, 6.07) is 7.08. The maximum Gasteiger partial charge on any atom is 0.240 e. The van der Waals surface area contributed by atoms with Crippen LogP contribution in [0.15, 0.2) is 29.2 Å². The van der Waals surface area contributed by atoms with Crippen LogP contribution < -0.4 is 10.0 Å². The Kier molecular flexibility index (Phi) is 5.75. The topological polar surface area (TPSA) is 67.4 Å². The van der Waals surface area contributed by atoms with E-state index in [0.717, 1.165) is 25.0 Å². The lowest BCUT2D eigenvalue weighted by Gasteiger charge is -2.18. The molecule has 2 rings (SSSR count). The third-order valence-corrected chi connectivity index (χ3v) is 5.44. The fourth-order valence-electron chi connectivity index (χ4n) is 2.77. The summed E-state index contributed by atoms with van der Waals surface area (Å²) in [5, 5.41) is 3.00. The molecule has 2 atom stereocenters. The smallest absolute Gasteiger partial charge is 0.240 e. The van der Waals surface area contributed by atoms with E-state index in [1.807, 2.05) is 12.1 Å². The van der Waals surface area contributed by atoms with E-state index in [4.69, 9.17) is 4.74 Å². The van der Waals surface area contributed by atoms with Gasteiger partial charge < -0.3 is 10.1 Å². The Morgan fingerprint density at radius 3 is 2.81 bits per heavy atom. The first-order valence-electron chi connectivity index (χ1n) is 7.42. The molecule has 5 nitrogen and oxygen atoms in total. The normalized spacial score (nSPS) is 22.6. The predicted octanol–water partition coefficient (Wildman–Crippen LogP) is 1.50. The van der Waals surface area contributed by atoms with E-state index in [-0.39, 0.29) is 12.0 Å². The Hall–Kier alpha value is -0.950. The highest BCUT2D eigenvalue weighted by Gasteiger charge is 2.28. The molecule has 0 radical (unpaired) electrons. The lowest BCUT2D eigenvalue weighted by molar-refractivity contribution is 0.0884. The zero-order chi connectivity index (χ0) is 15.3. The van der Waals surface area contributed by atoms with E-state index in [1.165, 1.54) is 0 Å². The second-order valence-electron chi connectivity index (χ2n) is 5.36. The van der Waals surface area contributed by atoms with E-state index in [1.54, 1.807) is 19.2 Å². The largest absolute Gasteiger partial charge is 0.378 e. The molecule has 1 heterocycles. The molecule has 1 saturated heterocycles. The van der Waals surface area contributed by atoms with E-state index in [2.05, 4.69) is 17.0 Å². The van der Waals surface area contributed by atoms with Gasteiger partial charge in [0.1, 0.15) is 0 Å². The molecule has 1 aliphatic heterocycles. The van der Waals surface area contributed by atoms with Crippen molar-refractivity contribution in [2.75, 3.05) is 20.2 Å². The Morgan fingerprint density at radius 2 is 2.10 bits per heavy atom. The predicted molar refractivity (Wildman–Crippen MR) is 82.5 cm³/mol. The van der Waals surface area contributed by atoms with Gasteiger partial charge in [-0.2, -0.15) is 0 Å². The van der Waals surface area contributed by atoms with Gasteiger partial charge in [0.25, 0.3) is 0 Å². The van der Waals surface area contributed by atoms with Crippen LogP contribution in [0.2, 0.25) is 0 Å². The van der Waals surface area contributed by atoms with Crippen molar-refractivity contribution < 1.29 is 13.2 Å². The minimum Gasteiger partial charge on any atom is -0.378 e. The molecule has 21 heavy (non-hydrogen) atoms. The first-order valence-corrected chi connectivity index (χ1v) is 8.90. The Balaban J connectivity index is 2.08. The van der Waals surface area contributed by atoms with Gasteiger partial charge in [0.05, 0.1) is 11.0 Å². The second-order valence-corrected chi connectivity index (χ2v) is 7.09. The highest BCUT2D eigenvalue weighted by atomic mass is 32.2. The van der Waals surface area contributed by atoms with Crippen LogP contribution in [0, 0.1) is 5.92 Å². The Bertz CT molecular complexity index is 560. The van der Waals surface area contributed by atoms with Crippen LogP contribution in [0.25, 0.3) is 0 Å². The van der Waals surface area contributed by atoms with Crippen molar-refractivity contribution in [3.63, 3.8) is 0 Å². The standard InChI is InChI=1S/C15H24N2O3S/c1-3-14-12(8-9-20-14)11-17-21(18,19)15-7-5-4-6-13(15)10-16-2/h4-7,12,14,16-17H,3,8-11H2,1-2H3. The number of hydrogen-bond acceptors (Lipinski definition) is 4. The summed E-state index contributed by atoms with van der Waals surface area (Å²) in [5.74, 6) is 0.265. The molecule has 2 N–H and O–H groups in total. The van der Waals surface area contributed by atoms with Gasteiger partial charge in [-0.1, -0.05) is 25.1 Å². The van der Waals surface area contributed by atoms with Crippen molar-refractivity contribution in [2.45, 2.75) is 37.3 Å². The summed E-state index contributed by atoms with van der Waals surface area (Å²) in [6.45, 7) is 3.76. The van der Waals surface area contributed by atoms with E-state index in [9.17, 15) is 8.42 Å². The van der Waals surface area contributed by atoms with Crippen LogP contribution in [-0.4, -0.2) is 34.7 Å². The number of ether oxygens (including phenoxy) is 1. The quantitative estimate of drug-likeness (QED) is 0.801. The molecule has 1 fully saturated rings. The zero-order valence-electron chi connectivity index (χ0n) is 12.6. The van der Waals surface area contributed by atoms with Crippen molar-refractivity contribution in [1.29, 1.82) is 0 Å². The van der Waals surface area contributed by atoms with Crippen LogP contribution in [0.1, 0.15) is 25.3 Å². The summed E-state index contributed by atoms with van der Waals surface area (Å²) in [6.07, 6.45) is 2.00. The van der Waals surface area contributed by atoms with Crippen LogP contribution >= 0.6 is 0 Å². The lowest BCUT2D eigenvalue weighted by Crippen LogP contribution is -2.33. The van der Waals surface area contributed by atoms with Crippen molar-refractivity contribution in [3.8, 4) is 0 Å². The Labute approximate surface area is 127 Å². The summed E-state index contributed by atoms with van der Waals surface area (Å²) in [4.78, 5) is 0.353. The summed E-state index contributed by atoms with van der Waals surface area (Å²) < 4.78 is 33.3. The molecule has 0 aliphatic carbocycles. The average molecular weight is 312 g/mol. The van der Waals surface area contributed by atoms with Gasteiger partial charge in [-0.25, -0.2) is 13.1 Å². The molecule has 0 aromatic heterocycles. The second kappa shape index (κ2) is 7.35. The maximum atomic E-state index is 12.5. The molecular formula is C15H24N2O3S. The van der Waals surface area contributed by atoms with Gasteiger partial charge in [0.2, 0.25) is 10.0 Å². The van der Waals surface area contributed by atoms with Crippen LogP contribution in [-0.2, 0) is 21.3 Å². The van der Waals surface area contributed by atoms with E-state index in [0.29, 0.717) is 18.0 Å². The SMILES string of the molecule is CCC1OCCC1CNS(=O)(=O)c1ccccc1CNC. The van der Waals surface area contributed by atoms with E-state index < -0.39 is 10.0 Å². The fourth-order valence-corrected chi connectivity index (χ4v) is 4.11. The number of nitrogens with one attached hydrogen (secondary N) is 2. The fraction of sp³-hybridized carbons (Fsp3) is 0.600. The highest BCUT2D eigenvalue weighted by molar-refractivity contribution is 7.89. The van der Waals surface area contributed by atoms with Gasteiger partial charge in [-0.3, -0.25) is 0 Å². The summed E-state index contributed by atoms with van der Waals surface area (Å²) >= 11 is 0. The lowest BCUT2D eigenvalue weighted by atomic mass is 10.0. The molecule has 1 aromatic rings. The molecule has 6 heteroatoms. The molecule has 1 aliphatic rings. The third kappa shape index (κ3) is 4.03. The molecule has 0 amide bonds. The molecule has 0 saturated carbocycles. The van der Waals surface area contributed by atoms with Gasteiger partial charge >= 0.3 is 0 Å². The molecule has 0 spiro atoms. The van der Waals surface area contributed by atoms with Gasteiger partial charge in [0.15, 0.2) is 0 Å². The monoisotopic (exact) mass is 312 g/mol. The van der Waals surface area contributed by atoms with Crippen molar-refractivity contribution in [2.24, 2.45) is 5.92 Å². The molecular weight excluding hydrogens is 288 g/mol. The van der Waals surface area contributed by atoms with Gasteiger partial charge in [-0.05, 0) is 31.5 Å². The molecule has 2 unspecified atom stereocenters. The van der Waals surface area contributed by atoms with Crippen molar-refractivity contribution >= 4 is 10.0 Å². The first-order chi connectivity index (χ1) is 10.1. The highest BCUT2D eigenvalue weighted by Crippen LogP contribution is 2.23. The van der Waals surface area contributed by atoms with Crippen molar-refractivity contribution in [1.82, 2.24) is 10.0 Å². The minimum atomic E-state index is -3.48. The number of benzene rings is 1. The number of rotatable bonds is 7. The summed E-state index contributed by atoms with van der Waals surface area (Å²) in [7, 11) is -1.67. The van der Waals surface area contributed by atoms with Crippen LogP contribution in [0.5, 0.6) is 0 Å². The van der Waals surface area contributed by atoms with Gasteiger partial charge in [-0.15, -0.1) is 0 Å². The van der Waals surface area contributed by atoms with E-state index >= 15 is 0 Å². The third-order valence-electron chi connectivity index (χ3n) is 3.91. The van der Waals surface area contributed by atoms with Crippen LogP contribution in [0.3, 0.4) is 0 Å². The Morgan fingerprint density at radius 1 is 1.33 bits per heavy atom. The number of hydrogen-bond donors (Lipinski definition) is 2. The molecule has 118 valence electrons. The zero-order valence-corrected chi connectivity index (χ0v) is 13.4. The number of sulfonamides is 1. The average Bonchev–Trinajstić information content (AvgIpc) is 2.93. The first kappa shape index (κ1) is 16.4. The maximum absolute atomic E-state index is 12.5. The molecule has 0 bridgehead atoms. The minimum absolute atomic E-state index is 0.167. The summed E-state index contributed by atoms with van der Waals surface area (Å²) in [5.41, 5.74) is 0.780. The van der Waals surface area contributed by atoms with Crippen LogP contribution in [0.4, 0.5) is 0 Å². The van der Waals surface area contributed by atoms with Crippen molar-refractivity contribution in [3.05, 3.63) is 29.8 Å². The molecule has 1 aromatic carbocycles. The van der Waals surface area contributed by atoms with Gasteiger partial charge in [0, 0.05) is 25.6 Å².